The number of fused-ring (bicyclic) bond motifs is 1. The summed E-state index contributed by atoms with van der Waals surface area (Å²) < 4.78 is 12.5. The van der Waals surface area contributed by atoms with E-state index in [4.69, 9.17) is 14.5 Å². The van der Waals surface area contributed by atoms with Crippen LogP contribution in [-0.2, 0) is 4.74 Å². The largest absolute Gasteiger partial charge is 0.491 e. The number of aromatic nitrogens is 3. The van der Waals surface area contributed by atoms with Crippen molar-refractivity contribution in [2.75, 3.05) is 32.3 Å². The second kappa shape index (κ2) is 8.67. The van der Waals surface area contributed by atoms with Crippen LogP contribution in [0, 0.1) is 0 Å². The Kier molecular flexibility index (Phi) is 6.07. The van der Waals surface area contributed by atoms with Crippen LogP contribution in [0.1, 0.15) is 31.4 Å². The molecule has 0 saturated carbocycles. The van der Waals surface area contributed by atoms with Crippen LogP contribution in [0.3, 0.4) is 0 Å². The molecule has 0 N–H and O–H groups in total. The monoisotopic (exact) mass is 354 g/mol. The topological polar surface area (TPSA) is 51.9 Å². The molecular weight excluding hydrogens is 328 g/mol. The van der Waals surface area contributed by atoms with Crippen LogP contribution in [0.4, 0.5) is 5.82 Å². The summed E-state index contributed by atoms with van der Waals surface area (Å²) >= 11 is 0. The minimum atomic E-state index is 0.248. The molecule has 1 aromatic carbocycles. The Bertz CT molecular complexity index is 783. The Hall–Kier alpha value is -2.60. The number of rotatable bonds is 9. The van der Waals surface area contributed by atoms with E-state index in [1.165, 1.54) is 5.56 Å². The van der Waals surface area contributed by atoms with E-state index in [-0.39, 0.29) is 6.04 Å². The molecule has 0 bridgehead atoms. The standard InChI is InChI=1S/C20H26N4O2/c1-4-6-18(16-8-10-17(11-9-16)26-14-13-25-3)23(2)20-15-24-19(22-20)7-5-12-21-24/h5,7-12,15,18H,4,6,13-14H2,1-3H3. The average Bonchev–Trinajstić information content (AvgIpc) is 3.11. The van der Waals surface area contributed by atoms with Gasteiger partial charge in [-0.3, -0.25) is 0 Å². The maximum absolute atomic E-state index is 5.66. The molecule has 0 fully saturated rings. The predicted octanol–water partition coefficient (Wildman–Crippen LogP) is 3.73. The van der Waals surface area contributed by atoms with Gasteiger partial charge in [0.15, 0.2) is 5.65 Å². The highest BCUT2D eigenvalue weighted by Gasteiger charge is 2.19. The number of methoxy groups -OCH3 is 1. The fourth-order valence-electron chi connectivity index (χ4n) is 3.03. The zero-order valence-electron chi connectivity index (χ0n) is 15.6. The van der Waals surface area contributed by atoms with Crippen molar-refractivity contribution in [2.45, 2.75) is 25.8 Å². The third-order valence-electron chi connectivity index (χ3n) is 4.44. The zero-order chi connectivity index (χ0) is 18.4. The summed E-state index contributed by atoms with van der Waals surface area (Å²) in [7, 11) is 3.76. The zero-order valence-corrected chi connectivity index (χ0v) is 15.6. The van der Waals surface area contributed by atoms with E-state index in [9.17, 15) is 0 Å². The number of hydrogen-bond acceptors (Lipinski definition) is 5. The Labute approximate surface area is 154 Å². The third kappa shape index (κ3) is 4.14. The van der Waals surface area contributed by atoms with E-state index in [1.54, 1.807) is 13.3 Å². The molecule has 3 rings (SSSR count). The van der Waals surface area contributed by atoms with Gasteiger partial charge in [0.25, 0.3) is 0 Å². The van der Waals surface area contributed by atoms with E-state index in [0.717, 1.165) is 30.1 Å². The highest BCUT2D eigenvalue weighted by atomic mass is 16.5. The Balaban J connectivity index is 1.79. The van der Waals surface area contributed by atoms with Crippen molar-refractivity contribution >= 4 is 11.5 Å². The molecule has 0 aliphatic heterocycles. The Morgan fingerprint density at radius 1 is 1.15 bits per heavy atom. The van der Waals surface area contributed by atoms with Gasteiger partial charge in [-0.25, -0.2) is 9.50 Å². The van der Waals surface area contributed by atoms with Crippen molar-refractivity contribution in [3.05, 3.63) is 54.4 Å². The first-order valence-corrected chi connectivity index (χ1v) is 8.98. The molecule has 0 amide bonds. The summed E-state index contributed by atoms with van der Waals surface area (Å²) in [5, 5.41) is 4.31. The van der Waals surface area contributed by atoms with Gasteiger partial charge in [0.1, 0.15) is 18.2 Å². The van der Waals surface area contributed by atoms with Gasteiger partial charge >= 0.3 is 0 Å². The molecule has 138 valence electrons. The third-order valence-corrected chi connectivity index (χ3v) is 4.44. The Morgan fingerprint density at radius 2 is 1.96 bits per heavy atom. The number of nitrogens with zero attached hydrogens (tertiary/aromatic N) is 4. The molecule has 3 aromatic rings. The quantitative estimate of drug-likeness (QED) is 0.548. The van der Waals surface area contributed by atoms with Crippen molar-refractivity contribution in [1.82, 2.24) is 14.6 Å². The van der Waals surface area contributed by atoms with Crippen LogP contribution in [0.25, 0.3) is 5.65 Å². The highest BCUT2D eigenvalue weighted by molar-refractivity contribution is 5.50. The Morgan fingerprint density at radius 3 is 2.65 bits per heavy atom. The van der Waals surface area contributed by atoms with Crippen LogP contribution < -0.4 is 9.64 Å². The number of benzene rings is 1. The molecule has 0 saturated heterocycles. The lowest BCUT2D eigenvalue weighted by molar-refractivity contribution is 0.146. The maximum Gasteiger partial charge on any atom is 0.155 e. The molecule has 6 nitrogen and oxygen atoms in total. The van der Waals surface area contributed by atoms with Gasteiger partial charge in [-0.15, -0.1) is 0 Å². The molecular formula is C20H26N4O2. The summed E-state index contributed by atoms with van der Waals surface area (Å²) in [6, 6.07) is 12.4. The van der Waals surface area contributed by atoms with Crippen molar-refractivity contribution < 1.29 is 9.47 Å². The second-order valence-corrected chi connectivity index (χ2v) is 6.25. The molecule has 1 atom stereocenters. The van der Waals surface area contributed by atoms with Crippen LogP contribution in [-0.4, -0.2) is 42.0 Å². The lowest BCUT2D eigenvalue weighted by Crippen LogP contribution is -2.24. The molecule has 6 heteroatoms. The number of imidazole rings is 1. The van der Waals surface area contributed by atoms with E-state index in [1.807, 2.05) is 35.0 Å². The van der Waals surface area contributed by atoms with Gasteiger partial charge in [0.05, 0.1) is 18.8 Å². The van der Waals surface area contributed by atoms with Crippen LogP contribution in [0.2, 0.25) is 0 Å². The number of ether oxygens (including phenoxy) is 2. The minimum absolute atomic E-state index is 0.248. The van der Waals surface area contributed by atoms with Crippen LogP contribution in [0.5, 0.6) is 5.75 Å². The molecule has 1 unspecified atom stereocenters. The summed E-state index contributed by atoms with van der Waals surface area (Å²) in [5.41, 5.74) is 2.10. The molecule has 0 spiro atoms. The van der Waals surface area contributed by atoms with Crippen molar-refractivity contribution in [3.8, 4) is 5.75 Å². The molecule has 26 heavy (non-hydrogen) atoms. The summed E-state index contributed by atoms with van der Waals surface area (Å²) in [4.78, 5) is 6.92. The lowest BCUT2D eigenvalue weighted by atomic mass is 10.0. The second-order valence-electron chi connectivity index (χ2n) is 6.25. The number of anilines is 1. The summed E-state index contributed by atoms with van der Waals surface area (Å²) in [6.07, 6.45) is 5.87. The fourth-order valence-corrected chi connectivity index (χ4v) is 3.03. The minimum Gasteiger partial charge on any atom is -0.491 e. The van der Waals surface area contributed by atoms with E-state index >= 15 is 0 Å². The maximum atomic E-state index is 5.66. The first-order valence-electron chi connectivity index (χ1n) is 8.98. The van der Waals surface area contributed by atoms with E-state index in [2.05, 4.69) is 36.1 Å². The van der Waals surface area contributed by atoms with Crippen LogP contribution in [0.15, 0.2) is 48.8 Å². The lowest BCUT2D eigenvalue weighted by Gasteiger charge is -2.28. The first kappa shape index (κ1) is 18.2. The molecule has 2 aromatic heterocycles. The molecule has 0 aliphatic carbocycles. The van der Waals surface area contributed by atoms with Gasteiger partial charge in [-0.1, -0.05) is 25.5 Å². The van der Waals surface area contributed by atoms with Crippen molar-refractivity contribution in [3.63, 3.8) is 0 Å². The first-order chi connectivity index (χ1) is 12.7. The average molecular weight is 354 g/mol. The summed E-state index contributed by atoms with van der Waals surface area (Å²) in [5.74, 6) is 1.78. The van der Waals surface area contributed by atoms with Gasteiger partial charge < -0.3 is 14.4 Å². The molecule has 0 aliphatic rings. The fraction of sp³-hybridized carbons (Fsp3) is 0.400. The SMILES string of the molecule is CCCC(c1ccc(OCCOC)cc1)N(C)c1cn2ncccc2n1. The molecule has 2 heterocycles. The predicted molar refractivity (Wildman–Crippen MR) is 103 cm³/mol. The van der Waals surface area contributed by atoms with Gasteiger partial charge in [-0.05, 0) is 36.2 Å². The normalized spacial score (nSPS) is 12.3. The van der Waals surface area contributed by atoms with E-state index in [0.29, 0.717) is 13.2 Å². The highest BCUT2D eigenvalue weighted by Crippen LogP contribution is 2.30. The van der Waals surface area contributed by atoms with Gasteiger partial charge in [-0.2, -0.15) is 5.10 Å². The molecule has 0 radical (unpaired) electrons. The van der Waals surface area contributed by atoms with Gasteiger partial charge in [0.2, 0.25) is 0 Å². The van der Waals surface area contributed by atoms with E-state index < -0.39 is 0 Å². The van der Waals surface area contributed by atoms with Crippen LogP contribution >= 0.6 is 0 Å². The van der Waals surface area contributed by atoms with Crippen molar-refractivity contribution in [2.24, 2.45) is 0 Å². The van der Waals surface area contributed by atoms with Crippen molar-refractivity contribution in [1.29, 1.82) is 0 Å². The number of hydrogen-bond donors (Lipinski definition) is 0. The summed E-state index contributed by atoms with van der Waals surface area (Å²) in [6.45, 7) is 3.35. The smallest absolute Gasteiger partial charge is 0.155 e. The van der Waals surface area contributed by atoms with Gasteiger partial charge in [0, 0.05) is 20.4 Å².